The fraction of sp³-hybridized carbons (Fsp3) is 0.500. The third kappa shape index (κ3) is 3.89. The molecule has 114 valence electrons. The van der Waals surface area contributed by atoms with Gasteiger partial charge in [0.15, 0.2) is 0 Å². The van der Waals surface area contributed by atoms with E-state index in [4.69, 9.17) is 5.84 Å². The van der Waals surface area contributed by atoms with E-state index in [1.54, 1.807) is 11.3 Å². The van der Waals surface area contributed by atoms with E-state index in [-0.39, 0.29) is 11.5 Å². The summed E-state index contributed by atoms with van der Waals surface area (Å²) in [6.07, 6.45) is 2.74. The first-order valence-corrected chi connectivity index (χ1v) is 7.84. The Bertz CT molecular complexity index is 576. The summed E-state index contributed by atoms with van der Waals surface area (Å²) >= 11 is 1.64. The van der Waals surface area contributed by atoms with Crippen molar-refractivity contribution in [2.75, 3.05) is 10.7 Å². The van der Waals surface area contributed by atoms with Gasteiger partial charge in [-0.05, 0) is 6.42 Å². The number of nitrogens with zero attached hydrogens (tertiary/aromatic N) is 3. The largest absolute Gasteiger partial charge is 0.361 e. The van der Waals surface area contributed by atoms with Crippen molar-refractivity contribution >= 4 is 23.0 Å². The Morgan fingerprint density at radius 1 is 1.29 bits per heavy atom. The van der Waals surface area contributed by atoms with Crippen molar-refractivity contribution in [3.8, 4) is 0 Å². The fourth-order valence-corrected chi connectivity index (χ4v) is 2.63. The molecule has 0 aliphatic carbocycles. The van der Waals surface area contributed by atoms with Crippen molar-refractivity contribution in [1.82, 2.24) is 15.0 Å². The van der Waals surface area contributed by atoms with Crippen molar-refractivity contribution in [1.29, 1.82) is 0 Å². The lowest BCUT2D eigenvalue weighted by Gasteiger charge is -2.21. The summed E-state index contributed by atoms with van der Waals surface area (Å²) in [5, 5.41) is 6.45. The Labute approximate surface area is 129 Å². The first-order chi connectivity index (χ1) is 9.94. The van der Waals surface area contributed by atoms with E-state index in [0.717, 1.165) is 23.1 Å². The van der Waals surface area contributed by atoms with E-state index in [2.05, 4.69) is 53.4 Å². The number of nitrogens with two attached hydrogens (primary N) is 1. The molecule has 0 spiro atoms. The van der Waals surface area contributed by atoms with E-state index in [9.17, 15) is 0 Å². The molecule has 0 aliphatic rings. The Morgan fingerprint density at radius 3 is 2.52 bits per heavy atom. The van der Waals surface area contributed by atoms with Crippen LogP contribution in [0.15, 0.2) is 17.6 Å². The third-order valence-electron chi connectivity index (χ3n) is 3.02. The second-order valence-corrected chi connectivity index (χ2v) is 6.76. The van der Waals surface area contributed by atoms with Crippen LogP contribution < -0.4 is 16.6 Å². The topological polar surface area (TPSA) is 88.8 Å². The number of anilines is 2. The van der Waals surface area contributed by atoms with Gasteiger partial charge in [-0.3, -0.25) is 0 Å². The first kappa shape index (κ1) is 15.7. The van der Waals surface area contributed by atoms with E-state index in [1.165, 1.54) is 0 Å². The van der Waals surface area contributed by atoms with Crippen LogP contribution in [0.3, 0.4) is 0 Å². The lowest BCUT2D eigenvalue weighted by atomic mass is 9.96. The van der Waals surface area contributed by atoms with Crippen LogP contribution in [0.4, 0.5) is 11.6 Å². The molecule has 0 radical (unpaired) electrons. The standard InChI is InChI=1S/C14H22N6S/c1-5-9(12-16-6-7-21-12)17-10-8-11(20-15)19-13(18-10)14(2,3)4/h6-9H,5,15H2,1-4H3,(H2,17,18,19,20). The molecule has 2 aromatic heterocycles. The summed E-state index contributed by atoms with van der Waals surface area (Å²) in [4.78, 5) is 13.4. The monoisotopic (exact) mass is 306 g/mol. The van der Waals surface area contributed by atoms with Crippen LogP contribution in [0.25, 0.3) is 0 Å². The van der Waals surface area contributed by atoms with Gasteiger partial charge in [0.2, 0.25) is 0 Å². The number of thiazole rings is 1. The van der Waals surface area contributed by atoms with Crippen LogP contribution in [0.1, 0.15) is 51.0 Å². The van der Waals surface area contributed by atoms with Gasteiger partial charge in [0.25, 0.3) is 0 Å². The molecule has 6 nitrogen and oxygen atoms in total. The second-order valence-electron chi connectivity index (χ2n) is 5.83. The number of hydrazine groups is 1. The van der Waals surface area contributed by atoms with Crippen LogP contribution in [0.5, 0.6) is 0 Å². The molecular formula is C14H22N6S. The van der Waals surface area contributed by atoms with E-state index >= 15 is 0 Å². The van der Waals surface area contributed by atoms with Crippen molar-refractivity contribution in [3.63, 3.8) is 0 Å². The number of nitrogens with one attached hydrogen (secondary N) is 2. The number of aromatic nitrogens is 3. The average Bonchev–Trinajstić information content (AvgIpc) is 2.97. The maximum absolute atomic E-state index is 5.51. The summed E-state index contributed by atoms with van der Waals surface area (Å²) in [6.45, 7) is 8.34. The minimum absolute atomic E-state index is 0.137. The molecule has 0 amide bonds. The lowest BCUT2D eigenvalue weighted by molar-refractivity contribution is 0.546. The minimum atomic E-state index is -0.147. The Morgan fingerprint density at radius 2 is 2.00 bits per heavy atom. The number of hydrogen-bond acceptors (Lipinski definition) is 7. The molecule has 2 heterocycles. The molecule has 1 atom stereocenters. The summed E-state index contributed by atoms with van der Waals surface area (Å²) < 4.78 is 0. The predicted octanol–water partition coefficient (Wildman–Crippen LogP) is 3.08. The van der Waals surface area contributed by atoms with Gasteiger partial charge in [-0.2, -0.15) is 0 Å². The highest BCUT2D eigenvalue weighted by Crippen LogP contribution is 2.26. The van der Waals surface area contributed by atoms with Gasteiger partial charge in [-0.15, -0.1) is 11.3 Å². The van der Waals surface area contributed by atoms with Gasteiger partial charge in [0.1, 0.15) is 22.5 Å². The van der Waals surface area contributed by atoms with Crippen molar-refractivity contribution in [2.24, 2.45) is 5.84 Å². The molecular weight excluding hydrogens is 284 g/mol. The predicted molar refractivity (Wildman–Crippen MR) is 87.3 cm³/mol. The summed E-state index contributed by atoms with van der Waals surface area (Å²) in [6, 6.07) is 1.95. The average molecular weight is 306 g/mol. The molecule has 21 heavy (non-hydrogen) atoms. The van der Waals surface area contributed by atoms with Crippen molar-refractivity contribution in [2.45, 2.75) is 45.6 Å². The first-order valence-electron chi connectivity index (χ1n) is 6.96. The SMILES string of the molecule is CCC(Nc1cc(NN)nc(C(C)(C)C)n1)c1nccs1. The van der Waals surface area contributed by atoms with Crippen LogP contribution in [0.2, 0.25) is 0 Å². The highest BCUT2D eigenvalue weighted by molar-refractivity contribution is 7.09. The molecule has 1 unspecified atom stereocenters. The van der Waals surface area contributed by atoms with Crippen LogP contribution >= 0.6 is 11.3 Å². The molecule has 2 rings (SSSR count). The number of rotatable bonds is 5. The van der Waals surface area contributed by atoms with E-state index in [1.807, 2.05) is 17.6 Å². The van der Waals surface area contributed by atoms with Gasteiger partial charge < -0.3 is 10.7 Å². The second kappa shape index (κ2) is 6.36. The zero-order valence-electron chi connectivity index (χ0n) is 12.8. The molecule has 2 aromatic rings. The van der Waals surface area contributed by atoms with Gasteiger partial charge in [0.05, 0.1) is 6.04 Å². The maximum Gasteiger partial charge on any atom is 0.145 e. The quantitative estimate of drug-likeness (QED) is 0.581. The van der Waals surface area contributed by atoms with Crippen LogP contribution in [-0.4, -0.2) is 15.0 Å². The fourth-order valence-electron chi connectivity index (χ4n) is 1.85. The Balaban J connectivity index is 2.30. The molecule has 0 fully saturated rings. The molecule has 7 heteroatoms. The van der Waals surface area contributed by atoms with Gasteiger partial charge in [0, 0.05) is 23.1 Å². The van der Waals surface area contributed by atoms with Crippen LogP contribution in [0, 0.1) is 0 Å². The number of nitrogen functional groups attached to an aromatic ring is 1. The Kier molecular flexibility index (Phi) is 4.74. The highest BCUT2D eigenvalue weighted by atomic mass is 32.1. The zero-order valence-corrected chi connectivity index (χ0v) is 13.7. The highest BCUT2D eigenvalue weighted by Gasteiger charge is 2.20. The van der Waals surface area contributed by atoms with Gasteiger partial charge in [-0.25, -0.2) is 20.8 Å². The zero-order chi connectivity index (χ0) is 15.5. The van der Waals surface area contributed by atoms with Gasteiger partial charge in [-0.1, -0.05) is 27.7 Å². The Hall–Kier alpha value is -1.73. The van der Waals surface area contributed by atoms with E-state index in [0.29, 0.717) is 5.82 Å². The minimum Gasteiger partial charge on any atom is -0.361 e. The molecule has 4 N–H and O–H groups in total. The summed E-state index contributed by atoms with van der Waals surface area (Å²) in [7, 11) is 0. The molecule has 0 saturated carbocycles. The van der Waals surface area contributed by atoms with Gasteiger partial charge >= 0.3 is 0 Å². The smallest absolute Gasteiger partial charge is 0.145 e. The number of hydrogen-bond donors (Lipinski definition) is 3. The maximum atomic E-state index is 5.51. The van der Waals surface area contributed by atoms with Crippen LogP contribution in [-0.2, 0) is 5.41 Å². The molecule has 0 aromatic carbocycles. The van der Waals surface area contributed by atoms with Crippen molar-refractivity contribution < 1.29 is 0 Å². The molecule has 0 saturated heterocycles. The third-order valence-corrected chi connectivity index (χ3v) is 3.91. The summed E-state index contributed by atoms with van der Waals surface area (Å²) in [5.74, 6) is 7.61. The molecule has 0 bridgehead atoms. The summed E-state index contributed by atoms with van der Waals surface area (Å²) in [5.41, 5.74) is 2.46. The normalized spacial score (nSPS) is 13.0. The molecule has 0 aliphatic heterocycles. The van der Waals surface area contributed by atoms with Crippen molar-refractivity contribution in [3.05, 3.63) is 28.5 Å². The lowest BCUT2D eigenvalue weighted by Crippen LogP contribution is -2.20. The van der Waals surface area contributed by atoms with E-state index < -0.39 is 0 Å².